The molecule has 1 fully saturated rings. The number of hydrogen-bond acceptors (Lipinski definition) is 3. The molecular formula is C16H16F4N2O2. The first-order valence-electron chi connectivity index (χ1n) is 7.30. The maximum absolute atomic E-state index is 13.2. The van der Waals surface area contributed by atoms with Gasteiger partial charge in [-0.3, -0.25) is 0 Å². The van der Waals surface area contributed by atoms with E-state index in [1.807, 2.05) is 6.92 Å². The minimum atomic E-state index is -5.08. The van der Waals surface area contributed by atoms with Crippen molar-refractivity contribution in [3.05, 3.63) is 35.6 Å². The molecule has 8 heteroatoms. The number of rotatable bonds is 1. The molecule has 2 heterocycles. The predicted molar refractivity (Wildman–Crippen MR) is 81.6 cm³/mol. The van der Waals surface area contributed by atoms with E-state index in [-0.39, 0.29) is 5.82 Å². The molecule has 1 aliphatic rings. The van der Waals surface area contributed by atoms with E-state index in [1.165, 1.54) is 18.9 Å². The Hall–Kier alpha value is -2.38. The highest BCUT2D eigenvalue weighted by Crippen LogP contribution is 2.25. The first-order valence-corrected chi connectivity index (χ1v) is 7.30. The molecule has 0 saturated carbocycles. The Morgan fingerprint density at radius 1 is 1.21 bits per heavy atom. The average molecular weight is 344 g/mol. The third-order valence-corrected chi connectivity index (χ3v) is 3.64. The molecule has 1 aliphatic heterocycles. The monoisotopic (exact) mass is 344 g/mol. The number of carbonyl (C=O) groups is 1. The lowest BCUT2D eigenvalue weighted by Crippen LogP contribution is -2.21. The van der Waals surface area contributed by atoms with Gasteiger partial charge in [0.05, 0.1) is 5.52 Å². The Morgan fingerprint density at radius 2 is 1.79 bits per heavy atom. The number of fused-ring (bicyclic) bond motifs is 1. The van der Waals surface area contributed by atoms with E-state index in [4.69, 9.17) is 9.90 Å². The number of carboxylic acid groups (broad SMARTS) is 1. The molecule has 130 valence electrons. The number of hydrogen-bond donors (Lipinski definition) is 1. The van der Waals surface area contributed by atoms with Crippen molar-refractivity contribution >= 4 is 22.7 Å². The first kappa shape index (κ1) is 18.0. The molecule has 0 unspecified atom stereocenters. The van der Waals surface area contributed by atoms with Gasteiger partial charge in [0.2, 0.25) is 0 Å². The van der Waals surface area contributed by atoms with E-state index in [9.17, 15) is 17.6 Å². The van der Waals surface area contributed by atoms with Crippen molar-refractivity contribution < 1.29 is 27.5 Å². The van der Waals surface area contributed by atoms with Crippen molar-refractivity contribution in [1.29, 1.82) is 0 Å². The first-order chi connectivity index (χ1) is 11.2. The fraction of sp³-hybridized carbons (Fsp3) is 0.375. The van der Waals surface area contributed by atoms with E-state index in [0.717, 1.165) is 35.4 Å². The van der Waals surface area contributed by atoms with Crippen LogP contribution in [0.5, 0.6) is 0 Å². The SMILES string of the molecule is Cc1cc(N2CCCC2)nc2ccc(F)cc12.O=C(O)C(F)(F)F. The van der Waals surface area contributed by atoms with Crippen LogP contribution >= 0.6 is 0 Å². The number of anilines is 1. The summed E-state index contributed by atoms with van der Waals surface area (Å²) in [5.74, 6) is -1.93. The Balaban J connectivity index is 0.000000256. The van der Waals surface area contributed by atoms with Crippen LogP contribution in [0.4, 0.5) is 23.4 Å². The zero-order valence-electron chi connectivity index (χ0n) is 12.9. The smallest absolute Gasteiger partial charge is 0.475 e. The largest absolute Gasteiger partial charge is 0.490 e. The summed E-state index contributed by atoms with van der Waals surface area (Å²) in [7, 11) is 0. The summed E-state index contributed by atoms with van der Waals surface area (Å²) in [4.78, 5) is 15.8. The Morgan fingerprint density at radius 3 is 2.33 bits per heavy atom. The summed E-state index contributed by atoms with van der Waals surface area (Å²) < 4.78 is 44.9. The Bertz CT molecular complexity index is 741. The van der Waals surface area contributed by atoms with E-state index in [2.05, 4.69) is 16.0 Å². The summed E-state index contributed by atoms with van der Waals surface area (Å²) >= 11 is 0. The van der Waals surface area contributed by atoms with Crippen LogP contribution in [0.2, 0.25) is 0 Å². The molecule has 24 heavy (non-hydrogen) atoms. The molecule has 2 aromatic rings. The minimum Gasteiger partial charge on any atom is -0.475 e. The van der Waals surface area contributed by atoms with Crippen LogP contribution in [-0.2, 0) is 4.79 Å². The summed E-state index contributed by atoms with van der Waals surface area (Å²) in [6.45, 7) is 4.18. The van der Waals surface area contributed by atoms with Gasteiger partial charge in [0.1, 0.15) is 11.6 Å². The zero-order valence-corrected chi connectivity index (χ0v) is 12.9. The van der Waals surface area contributed by atoms with Crippen molar-refractivity contribution in [1.82, 2.24) is 4.98 Å². The molecule has 0 atom stereocenters. The molecule has 3 rings (SSSR count). The van der Waals surface area contributed by atoms with Gasteiger partial charge in [-0.25, -0.2) is 14.2 Å². The number of benzene rings is 1. The zero-order chi connectivity index (χ0) is 17.9. The molecule has 0 spiro atoms. The molecule has 0 aliphatic carbocycles. The van der Waals surface area contributed by atoms with Crippen molar-refractivity contribution in [2.75, 3.05) is 18.0 Å². The third-order valence-electron chi connectivity index (χ3n) is 3.64. The highest BCUT2D eigenvalue weighted by molar-refractivity contribution is 5.84. The van der Waals surface area contributed by atoms with Crippen LogP contribution < -0.4 is 4.90 Å². The number of carboxylic acids is 1. The number of halogens is 4. The second-order valence-electron chi connectivity index (χ2n) is 5.46. The molecule has 0 radical (unpaired) electrons. The van der Waals surface area contributed by atoms with E-state index >= 15 is 0 Å². The molecule has 0 amide bonds. The van der Waals surface area contributed by atoms with Gasteiger partial charge in [-0.2, -0.15) is 13.2 Å². The number of alkyl halides is 3. The van der Waals surface area contributed by atoms with Gasteiger partial charge in [0.15, 0.2) is 0 Å². The topological polar surface area (TPSA) is 53.4 Å². The van der Waals surface area contributed by atoms with Crippen molar-refractivity contribution in [2.45, 2.75) is 25.9 Å². The molecular weight excluding hydrogens is 328 g/mol. The van der Waals surface area contributed by atoms with E-state index in [1.54, 1.807) is 12.1 Å². The molecule has 0 bridgehead atoms. The van der Waals surface area contributed by atoms with Crippen LogP contribution in [0.25, 0.3) is 10.9 Å². The number of nitrogens with zero attached hydrogens (tertiary/aromatic N) is 2. The highest BCUT2D eigenvalue weighted by atomic mass is 19.4. The summed E-state index contributed by atoms with van der Waals surface area (Å²) in [6, 6.07) is 6.86. The van der Waals surface area contributed by atoms with Gasteiger partial charge in [0.25, 0.3) is 0 Å². The van der Waals surface area contributed by atoms with Crippen molar-refractivity contribution in [3.8, 4) is 0 Å². The number of aryl methyl sites for hydroxylation is 1. The maximum atomic E-state index is 13.2. The van der Waals surface area contributed by atoms with Gasteiger partial charge in [-0.05, 0) is 49.6 Å². The van der Waals surface area contributed by atoms with Crippen molar-refractivity contribution in [2.24, 2.45) is 0 Å². The average Bonchev–Trinajstić information content (AvgIpc) is 3.02. The molecule has 1 aromatic carbocycles. The summed E-state index contributed by atoms with van der Waals surface area (Å²) in [6.07, 6.45) is -2.61. The fourth-order valence-electron chi connectivity index (χ4n) is 2.46. The maximum Gasteiger partial charge on any atom is 0.490 e. The molecule has 1 saturated heterocycles. The van der Waals surface area contributed by atoms with Gasteiger partial charge < -0.3 is 10.0 Å². The van der Waals surface area contributed by atoms with Gasteiger partial charge in [-0.15, -0.1) is 0 Å². The quantitative estimate of drug-likeness (QED) is 0.797. The van der Waals surface area contributed by atoms with Gasteiger partial charge in [-0.1, -0.05) is 0 Å². The van der Waals surface area contributed by atoms with E-state index < -0.39 is 12.1 Å². The molecule has 1 N–H and O–H groups in total. The molecule has 1 aromatic heterocycles. The van der Waals surface area contributed by atoms with Crippen LogP contribution in [0.1, 0.15) is 18.4 Å². The Kier molecular flexibility index (Phi) is 5.26. The molecule has 4 nitrogen and oxygen atoms in total. The second-order valence-corrected chi connectivity index (χ2v) is 5.46. The lowest BCUT2D eigenvalue weighted by molar-refractivity contribution is -0.192. The van der Waals surface area contributed by atoms with Crippen LogP contribution in [-0.4, -0.2) is 35.3 Å². The summed E-state index contributed by atoms with van der Waals surface area (Å²) in [5.41, 5.74) is 1.98. The van der Waals surface area contributed by atoms with E-state index in [0.29, 0.717) is 0 Å². The lowest BCUT2D eigenvalue weighted by atomic mass is 10.1. The normalized spacial score (nSPS) is 14.5. The minimum absolute atomic E-state index is 0.198. The van der Waals surface area contributed by atoms with Crippen LogP contribution in [0, 0.1) is 12.7 Å². The fourth-order valence-corrected chi connectivity index (χ4v) is 2.46. The standard InChI is InChI=1S/C14H15FN2.C2HF3O2/c1-10-8-14(17-6-2-3-7-17)16-13-5-4-11(15)9-12(10)13;3-2(4,5)1(6)7/h4-5,8-9H,2-3,6-7H2,1H3;(H,6,7). The van der Waals surface area contributed by atoms with Crippen molar-refractivity contribution in [3.63, 3.8) is 0 Å². The summed E-state index contributed by atoms with van der Waals surface area (Å²) in [5, 5.41) is 8.04. The third kappa shape index (κ3) is 4.33. The lowest BCUT2D eigenvalue weighted by Gasteiger charge is -2.17. The van der Waals surface area contributed by atoms with Gasteiger partial charge in [0, 0.05) is 18.5 Å². The number of pyridine rings is 1. The predicted octanol–water partition coefficient (Wildman–Crippen LogP) is 3.92. The Labute approximate surface area is 135 Å². The van der Waals surface area contributed by atoms with Crippen LogP contribution in [0.15, 0.2) is 24.3 Å². The van der Waals surface area contributed by atoms with Crippen LogP contribution in [0.3, 0.4) is 0 Å². The second kappa shape index (κ2) is 7.02. The number of aromatic nitrogens is 1. The van der Waals surface area contributed by atoms with Gasteiger partial charge >= 0.3 is 12.1 Å². The number of aliphatic carboxylic acids is 1. The highest BCUT2D eigenvalue weighted by Gasteiger charge is 2.38.